The number of aromatic nitrogens is 2. The lowest BCUT2D eigenvalue weighted by Crippen LogP contribution is -2.25. The lowest BCUT2D eigenvalue weighted by Gasteiger charge is -2.16. The number of esters is 1. The van der Waals surface area contributed by atoms with Crippen LogP contribution >= 0.6 is 11.8 Å². The number of anilines is 2. The summed E-state index contributed by atoms with van der Waals surface area (Å²) in [5.74, 6) is 0.444. The minimum Gasteiger partial charge on any atom is -0.462 e. The molecule has 0 amide bonds. The van der Waals surface area contributed by atoms with Gasteiger partial charge >= 0.3 is 5.97 Å². The molecule has 7 nitrogen and oxygen atoms in total. The first-order chi connectivity index (χ1) is 20.6. The van der Waals surface area contributed by atoms with Crippen LogP contribution in [0.15, 0.2) is 125 Å². The first-order valence-corrected chi connectivity index (χ1v) is 14.5. The lowest BCUT2D eigenvalue weighted by molar-refractivity contribution is 0.0523. The number of benzene rings is 4. The molecular weight excluding hydrogens is 549 g/mol. The quantitative estimate of drug-likeness (QED) is 0.0769. The minimum absolute atomic E-state index is 0.0681. The highest BCUT2D eigenvalue weighted by molar-refractivity contribution is 7.98. The molecule has 0 atom stereocenters. The fourth-order valence-corrected chi connectivity index (χ4v) is 5.11. The number of guanidine groups is 1. The van der Waals surface area contributed by atoms with Gasteiger partial charge in [-0.15, -0.1) is 0 Å². The standard InChI is InChI=1S/C33H30FN5O2S/c1-2-41-32(40)29-30(37-33(36-26-17-8-4-9-18-26)35-22-25-16-12-13-21-28(25)34)39(27-19-10-5-11-20-27)38-31(29)42-23-24-14-6-3-7-15-24/h3-21H,2,22-23H2,1H3,(H2,35,36,37). The molecule has 4 aromatic carbocycles. The average molecular weight is 580 g/mol. The molecule has 0 bridgehead atoms. The molecule has 0 unspecified atom stereocenters. The number of rotatable bonds is 10. The normalized spacial score (nSPS) is 11.2. The third-order valence-corrected chi connectivity index (χ3v) is 7.23. The zero-order valence-electron chi connectivity index (χ0n) is 23.0. The molecule has 5 aromatic rings. The van der Waals surface area contributed by atoms with E-state index in [9.17, 15) is 9.18 Å². The molecule has 0 aliphatic rings. The van der Waals surface area contributed by atoms with E-state index in [0.717, 1.165) is 16.9 Å². The van der Waals surface area contributed by atoms with Crippen molar-refractivity contribution >= 4 is 35.2 Å². The number of carbonyl (C=O) groups is 1. The second-order valence-electron chi connectivity index (χ2n) is 9.14. The maximum Gasteiger partial charge on any atom is 0.344 e. The summed E-state index contributed by atoms with van der Waals surface area (Å²) in [5, 5.41) is 12.0. The van der Waals surface area contributed by atoms with Gasteiger partial charge in [0.15, 0.2) is 5.82 Å². The number of carbonyl (C=O) groups excluding carboxylic acids is 1. The van der Waals surface area contributed by atoms with Gasteiger partial charge in [0.05, 0.1) is 18.8 Å². The molecule has 0 saturated heterocycles. The van der Waals surface area contributed by atoms with Crippen LogP contribution in [0.25, 0.3) is 5.69 Å². The van der Waals surface area contributed by atoms with Gasteiger partial charge in [-0.2, -0.15) is 5.10 Å². The summed E-state index contributed by atoms with van der Waals surface area (Å²) in [7, 11) is 0. The SMILES string of the molecule is CCOC(=O)c1c(SCc2ccccc2)nn(-c2ccccc2)c1NC(=NCc1ccccc1F)Nc1ccccc1. The molecule has 0 spiro atoms. The summed E-state index contributed by atoms with van der Waals surface area (Å²) in [6, 6.07) is 35.5. The summed E-state index contributed by atoms with van der Waals surface area (Å²) in [4.78, 5) is 18.2. The lowest BCUT2D eigenvalue weighted by atomic mass is 10.2. The first kappa shape index (κ1) is 28.6. The second-order valence-corrected chi connectivity index (χ2v) is 10.1. The van der Waals surface area contributed by atoms with Crippen LogP contribution in [0, 0.1) is 5.82 Å². The van der Waals surface area contributed by atoms with Crippen molar-refractivity contribution in [2.75, 3.05) is 17.2 Å². The largest absolute Gasteiger partial charge is 0.462 e. The fourth-order valence-electron chi connectivity index (χ4n) is 4.16. The highest BCUT2D eigenvalue weighted by Crippen LogP contribution is 2.33. The molecule has 0 fully saturated rings. The Balaban J connectivity index is 1.59. The van der Waals surface area contributed by atoms with Gasteiger partial charge in [0.2, 0.25) is 5.96 Å². The Morgan fingerprint density at radius 2 is 1.52 bits per heavy atom. The van der Waals surface area contributed by atoms with Crippen molar-refractivity contribution < 1.29 is 13.9 Å². The number of para-hydroxylation sites is 2. The number of halogens is 1. The molecular formula is C33H30FN5O2S. The van der Waals surface area contributed by atoms with E-state index in [-0.39, 0.29) is 24.5 Å². The molecule has 0 radical (unpaired) electrons. The van der Waals surface area contributed by atoms with Crippen LogP contribution in [0.4, 0.5) is 15.9 Å². The Morgan fingerprint density at radius 3 is 2.21 bits per heavy atom. The van der Waals surface area contributed by atoms with Crippen molar-refractivity contribution in [1.82, 2.24) is 9.78 Å². The van der Waals surface area contributed by atoms with Crippen molar-refractivity contribution in [3.05, 3.63) is 138 Å². The van der Waals surface area contributed by atoms with Crippen LogP contribution in [-0.2, 0) is 17.0 Å². The molecule has 2 N–H and O–H groups in total. The van der Waals surface area contributed by atoms with Gasteiger partial charge in [0.25, 0.3) is 0 Å². The summed E-state index contributed by atoms with van der Waals surface area (Å²) in [6.45, 7) is 2.04. The molecule has 5 rings (SSSR count). The number of hydrogen-bond acceptors (Lipinski definition) is 5. The Kier molecular flexibility index (Phi) is 9.64. The predicted molar refractivity (Wildman–Crippen MR) is 167 cm³/mol. The van der Waals surface area contributed by atoms with Crippen molar-refractivity contribution in [3.63, 3.8) is 0 Å². The summed E-state index contributed by atoms with van der Waals surface area (Å²) in [6.07, 6.45) is 0. The molecule has 0 aliphatic carbocycles. The van der Waals surface area contributed by atoms with Gasteiger partial charge in [-0.25, -0.2) is 18.9 Å². The molecule has 42 heavy (non-hydrogen) atoms. The van der Waals surface area contributed by atoms with Crippen LogP contribution in [0.1, 0.15) is 28.4 Å². The number of hydrogen-bond donors (Lipinski definition) is 2. The Bertz CT molecular complexity index is 1640. The molecule has 0 saturated carbocycles. The van der Waals surface area contributed by atoms with Crippen molar-refractivity contribution in [2.24, 2.45) is 4.99 Å². The smallest absolute Gasteiger partial charge is 0.344 e. The Labute approximate surface area is 248 Å². The van der Waals surface area contributed by atoms with E-state index in [0.29, 0.717) is 28.1 Å². The Morgan fingerprint density at radius 1 is 0.881 bits per heavy atom. The first-order valence-electron chi connectivity index (χ1n) is 13.5. The van der Waals surface area contributed by atoms with Gasteiger partial charge in [-0.3, -0.25) is 0 Å². The maximum absolute atomic E-state index is 14.5. The minimum atomic E-state index is -0.508. The highest BCUT2D eigenvalue weighted by atomic mass is 32.2. The van der Waals surface area contributed by atoms with Crippen molar-refractivity contribution in [3.8, 4) is 5.69 Å². The third-order valence-electron chi connectivity index (χ3n) is 6.19. The predicted octanol–water partition coefficient (Wildman–Crippen LogP) is 7.56. The molecule has 1 aromatic heterocycles. The van der Waals surface area contributed by atoms with E-state index in [4.69, 9.17) is 9.84 Å². The van der Waals surface area contributed by atoms with Gasteiger partial charge in [-0.1, -0.05) is 96.7 Å². The van der Waals surface area contributed by atoms with E-state index < -0.39 is 5.97 Å². The summed E-state index contributed by atoms with van der Waals surface area (Å²) in [5.41, 5.74) is 3.33. The van der Waals surface area contributed by atoms with Gasteiger partial charge < -0.3 is 15.4 Å². The maximum atomic E-state index is 14.5. The molecule has 9 heteroatoms. The van der Waals surface area contributed by atoms with E-state index in [1.54, 1.807) is 29.8 Å². The van der Waals surface area contributed by atoms with Crippen molar-refractivity contribution in [2.45, 2.75) is 24.2 Å². The van der Waals surface area contributed by atoms with Crippen molar-refractivity contribution in [1.29, 1.82) is 0 Å². The molecule has 212 valence electrons. The van der Waals surface area contributed by atoms with E-state index >= 15 is 0 Å². The topological polar surface area (TPSA) is 80.5 Å². The number of aliphatic imine (C=N–C) groups is 1. The number of nitrogens with one attached hydrogen (secondary N) is 2. The summed E-state index contributed by atoms with van der Waals surface area (Å²) >= 11 is 1.44. The van der Waals surface area contributed by atoms with Crippen LogP contribution in [0.3, 0.4) is 0 Å². The highest BCUT2D eigenvalue weighted by Gasteiger charge is 2.27. The fraction of sp³-hybridized carbons (Fsp3) is 0.121. The van der Waals surface area contributed by atoms with Gasteiger partial charge in [-0.05, 0) is 42.8 Å². The second kappa shape index (κ2) is 14.1. The van der Waals surface area contributed by atoms with Crippen LogP contribution in [0.2, 0.25) is 0 Å². The zero-order chi connectivity index (χ0) is 29.1. The van der Waals surface area contributed by atoms with Crippen LogP contribution in [0.5, 0.6) is 0 Å². The van der Waals surface area contributed by atoms with E-state index in [1.165, 1.54) is 17.8 Å². The zero-order valence-corrected chi connectivity index (χ0v) is 23.9. The van der Waals surface area contributed by atoms with Crippen LogP contribution < -0.4 is 10.6 Å². The monoisotopic (exact) mass is 579 g/mol. The average Bonchev–Trinajstić information content (AvgIpc) is 3.39. The summed E-state index contributed by atoms with van der Waals surface area (Å²) < 4.78 is 21.6. The number of nitrogens with zero attached hydrogens (tertiary/aromatic N) is 3. The van der Waals surface area contributed by atoms with E-state index in [2.05, 4.69) is 15.6 Å². The number of thioether (sulfide) groups is 1. The molecule has 1 heterocycles. The third kappa shape index (κ3) is 7.24. The van der Waals surface area contributed by atoms with Gasteiger partial charge in [0.1, 0.15) is 16.4 Å². The Hall–Kier alpha value is -4.89. The van der Waals surface area contributed by atoms with Gasteiger partial charge in [0, 0.05) is 17.0 Å². The number of ether oxygens (including phenoxy) is 1. The van der Waals surface area contributed by atoms with Crippen LogP contribution in [-0.4, -0.2) is 28.3 Å². The van der Waals surface area contributed by atoms with E-state index in [1.807, 2.05) is 91.0 Å². The molecule has 0 aliphatic heterocycles.